The number of imidazole rings is 1. The van der Waals surface area contributed by atoms with Gasteiger partial charge >= 0.3 is 5.97 Å². The Morgan fingerprint density at radius 2 is 2.05 bits per heavy atom. The van der Waals surface area contributed by atoms with Gasteiger partial charge in [-0.15, -0.1) is 0 Å². The zero-order chi connectivity index (χ0) is 15.7. The van der Waals surface area contributed by atoms with Gasteiger partial charge in [-0.25, -0.2) is 4.98 Å². The normalized spacial score (nSPS) is 13.2. The fourth-order valence-corrected chi connectivity index (χ4v) is 3.11. The minimum absolute atomic E-state index is 0.0169. The van der Waals surface area contributed by atoms with Crippen LogP contribution in [0.1, 0.15) is 39.4 Å². The van der Waals surface area contributed by atoms with Crippen molar-refractivity contribution in [3.05, 3.63) is 5.69 Å². The molecule has 0 aromatic carbocycles. The molecule has 0 aliphatic heterocycles. The number of carboxylic acids is 1. The van der Waals surface area contributed by atoms with Crippen molar-refractivity contribution in [2.45, 2.75) is 45.3 Å². The molecule has 1 N–H and O–H groups in total. The molecule has 0 saturated carbocycles. The topological polar surface area (TPSA) is 72.9 Å². The van der Waals surface area contributed by atoms with Gasteiger partial charge in [0.15, 0.2) is 10.8 Å². The Kier molecular flexibility index (Phi) is 4.61. The molecule has 6 nitrogen and oxygen atoms in total. The number of aliphatic carboxylic acids is 1. The predicted molar refractivity (Wildman–Crippen MR) is 83.8 cm³/mol. The first kappa shape index (κ1) is 15.9. The summed E-state index contributed by atoms with van der Waals surface area (Å²) in [5.41, 5.74) is 2.82. The predicted octanol–water partition coefficient (Wildman–Crippen LogP) is 2.73. The van der Waals surface area contributed by atoms with Gasteiger partial charge in [0, 0.05) is 13.1 Å². The molecule has 1 atom stereocenters. The highest BCUT2D eigenvalue weighted by Crippen LogP contribution is 2.32. The summed E-state index contributed by atoms with van der Waals surface area (Å²) in [6.07, 6.45) is 0.813. The fourth-order valence-electron chi connectivity index (χ4n) is 2.31. The number of fused-ring (bicyclic) bond motifs is 1. The van der Waals surface area contributed by atoms with Crippen LogP contribution in [0.5, 0.6) is 0 Å². The minimum Gasteiger partial charge on any atom is -0.481 e. The molecule has 116 valence electrons. The molecule has 2 rings (SSSR count). The molecule has 0 bridgehead atoms. The molecular formula is C14H22N4O2S. The molecule has 2 aromatic heterocycles. The van der Waals surface area contributed by atoms with Gasteiger partial charge in [-0.05, 0) is 19.3 Å². The van der Waals surface area contributed by atoms with Crippen LogP contribution in [0.4, 0.5) is 0 Å². The lowest BCUT2D eigenvalue weighted by atomic mass is 10.1. The Morgan fingerprint density at radius 1 is 1.38 bits per heavy atom. The molecule has 0 aliphatic rings. The van der Waals surface area contributed by atoms with Crippen molar-refractivity contribution in [1.29, 1.82) is 0 Å². The van der Waals surface area contributed by atoms with Crippen molar-refractivity contribution >= 4 is 28.9 Å². The van der Waals surface area contributed by atoms with Crippen LogP contribution in [0.15, 0.2) is 5.16 Å². The summed E-state index contributed by atoms with van der Waals surface area (Å²) in [6, 6.07) is 0.228. The molecule has 0 radical (unpaired) electrons. The summed E-state index contributed by atoms with van der Waals surface area (Å²) >= 11 is 1.27. The van der Waals surface area contributed by atoms with Crippen LogP contribution in [0.25, 0.3) is 11.2 Å². The van der Waals surface area contributed by atoms with Crippen LogP contribution in [0.2, 0.25) is 0 Å². The second-order valence-corrected chi connectivity index (χ2v) is 6.47. The second kappa shape index (κ2) is 6.09. The Hall–Kier alpha value is -1.50. The molecule has 0 saturated heterocycles. The molecule has 0 aliphatic carbocycles. The summed E-state index contributed by atoms with van der Waals surface area (Å²) in [5.74, 6) is -0.389. The zero-order valence-corrected chi connectivity index (χ0v) is 13.9. The van der Waals surface area contributed by atoms with Crippen LogP contribution in [0, 0.1) is 5.92 Å². The quantitative estimate of drug-likeness (QED) is 0.831. The molecule has 0 amide bonds. The van der Waals surface area contributed by atoms with Gasteiger partial charge in [-0.1, -0.05) is 32.5 Å². The average molecular weight is 310 g/mol. The summed E-state index contributed by atoms with van der Waals surface area (Å²) in [6.45, 7) is 8.49. The molecule has 7 heteroatoms. The van der Waals surface area contributed by atoms with Gasteiger partial charge in [0.2, 0.25) is 0 Å². The van der Waals surface area contributed by atoms with Crippen molar-refractivity contribution in [2.24, 2.45) is 13.0 Å². The van der Waals surface area contributed by atoms with Crippen LogP contribution in [0.3, 0.4) is 0 Å². The first-order valence-electron chi connectivity index (χ1n) is 7.15. The van der Waals surface area contributed by atoms with E-state index in [0.29, 0.717) is 5.92 Å². The van der Waals surface area contributed by atoms with Crippen LogP contribution in [-0.2, 0) is 18.3 Å². The summed E-state index contributed by atoms with van der Waals surface area (Å²) in [7, 11) is 1.92. The Bertz CT molecular complexity index is 660. The average Bonchev–Trinajstić information content (AvgIpc) is 2.93. The summed E-state index contributed by atoms with van der Waals surface area (Å²) in [4.78, 5) is 15.5. The van der Waals surface area contributed by atoms with E-state index in [9.17, 15) is 4.79 Å². The number of aryl methyl sites for hydroxylation is 2. The third-order valence-electron chi connectivity index (χ3n) is 3.74. The van der Waals surface area contributed by atoms with Gasteiger partial charge in [0.05, 0.1) is 11.4 Å². The Morgan fingerprint density at radius 3 is 2.57 bits per heavy atom. The molecule has 0 spiro atoms. The first-order valence-corrected chi connectivity index (χ1v) is 8.13. The number of carboxylic acid groups (broad SMARTS) is 1. The number of thioether (sulfide) groups is 1. The van der Waals surface area contributed by atoms with Crippen LogP contribution in [-0.4, -0.2) is 36.2 Å². The Labute approximate surface area is 128 Å². The van der Waals surface area contributed by atoms with Gasteiger partial charge in [0.25, 0.3) is 0 Å². The van der Waals surface area contributed by atoms with Crippen molar-refractivity contribution in [2.75, 3.05) is 5.75 Å². The highest BCUT2D eigenvalue weighted by atomic mass is 32.2. The smallest absolute Gasteiger partial charge is 0.313 e. The van der Waals surface area contributed by atoms with E-state index < -0.39 is 5.97 Å². The molecule has 2 aromatic rings. The molecule has 2 heterocycles. The second-order valence-electron chi connectivity index (χ2n) is 5.53. The summed E-state index contributed by atoms with van der Waals surface area (Å²) in [5, 5.41) is 14.2. The summed E-state index contributed by atoms with van der Waals surface area (Å²) < 4.78 is 3.98. The van der Waals surface area contributed by atoms with E-state index in [0.717, 1.165) is 28.4 Å². The maximum atomic E-state index is 10.9. The standard InChI is InChI=1S/C14H22N4O2S/c1-6-10-12-13(17(5)16-10)18(9(4)8(2)3)14(15-12)21-7-11(19)20/h8-9H,6-7H2,1-5H3,(H,19,20). The van der Waals surface area contributed by atoms with Gasteiger partial charge in [0.1, 0.15) is 5.52 Å². The maximum Gasteiger partial charge on any atom is 0.313 e. The van der Waals surface area contributed by atoms with Crippen molar-refractivity contribution in [3.63, 3.8) is 0 Å². The van der Waals surface area contributed by atoms with E-state index in [-0.39, 0.29) is 11.8 Å². The molecule has 21 heavy (non-hydrogen) atoms. The van der Waals surface area contributed by atoms with Gasteiger partial charge in [-0.2, -0.15) is 5.10 Å². The lowest BCUT2D eigenvalue weighted by molar-refractivity contribution is -0.133. The number of hydrogen-bond acceptors (Lipinski definition) is 4. The minimum atomic E-state index is -0.829. The number of aromatic nitrogens is 4. The van der Waals surface area contributed by atoms with E-state index in [2.05, 4.69) is 42.3 Å². The van der Waals surface area contributed by atoms with E-state index in [1.54, 1.807) is 0 Å². The highest BCUT2D eigenvalue weighted by Gasteiger charge is 2.24. The third-order valence-corrected chi connectivity index (χ3v) is 4.67. The van der Waals surface area contributed by atoms with E-state index in [1.807, 2.05) is 11.7 Å². The van der Waals surface area contributed by atoms with Crippen molar-refractivity contribution < 1.29 is 9.90 Å². The number of carbonyl (C=O) groups is 1. The van der Waals surface area contributed by atoms with Gasteiger partial charge < -0.3 is 9.67 Å². The van der Waals surface area contributed by atoms with Crippen molar-refractivity contribution in [3.8, 4) is 0 Å². The largest absolute Gasteiger partial charge is 0.481 e. The molecule has 0 fully saturated rings. The highest BCUT2D eigenvalue weighted by molar-refractivity contribution is 7.99. The number of hydrogen-bond donors (Lipinski definition) is 1. The SMILES string of the molecule is CCc1nn(C)c2c1nc(SCC(=O)O)n2C(C)C(C)C. The third kappa shape index (κ3) is 2.92. The molecule has 1 unspecified atom stereocenters. The van der Waals surface area contributed by atoms with Gasteiger partial charge in [-0.3, -0.25) is 9.48 Å². The zero-order valence-electron chi connectivity index (χ0n) is 13.1. The number of nitrogens with zero attached hydrogens (tertiary/aromatic N) is 4. The monoisotopic (exact) mass is 310 g/mol. The first-order chi connectivity index (χ1) is 9.86. The van der Waals surface area contributed by atoms with E-state index in [1.165, 1.54) is 11.8 Å². The van der Waals surface area contributed by atoms with Crippen LogP contribution >= 0.6 is 11.8 Å². The van der Waals surface area contributed by atoms with Crippen LogP contribution < -0.4 is 0 Å². The van der Waals surface area contributed by atoms with E-state index in [4.69, 9.17) is 5.11 Å². The lowest BCUT2D eigenvalue weighted by Crippen LogP contribution is -2.15. The van der Waals surface area contributed by atoms with E-state index >= 15 is 0 Å². The number of rotatable bonds is 6. The lowest BCUT2D eigenvalue weighted by Gasteiger charge is -2.20. The molecular weight excluding hydrogens is 288 g/mol. The fraction of sp³-hybridized carbons (Fsp3) is 0.643. The maximum absolute atomic E-state index is 10.9. The van der Waals surface area contributed by atoms with Crippen molar-refractivity contribution in [1.82, 2.24) is 19.3 Å². The Balaban J connectivity index is 2.60.